The van der Waals surface area contributed by atoms with Gasteiger partial charge in [-0.25, -0.2) is 0 Å². The van der Waals surface area contributed by atoms with Gasteiger partial charge in [0.05, 0.1) is 12.7 Å². The Labute approximate surface area is 104 Å². The SMILES string of the molecule is C=C(C)CCC(NCCC)C1CSCCO1. The Morgan fingerprint density at radius 1 is 1.62 bits per heavy atom. The first kappa shape index (κ1) is 14.1. The largest absolute Gasteiger partial charge is 0.375 e. The summed E-state index contributed by atoms with van der Waals surface area (Å²) in [6.45, 7) is 10.3. The number of hydrogen-bond acceptors (Lipinski definition) is 3. The van der Waals surface area contributed by atoms with Crippen molar-refractivity contribution in [3.8, 4) is 0 Å². The minimum atomic E-state index is 0.393. The highest BCUT2D eigenvalue weighted by atomic mass is 32.2. The van der Waals surface area contributed by atoms with Crippen LogP contribution in [0.4, 0.5) is 0 Å². The Morgan fingerprint density at radius 3 is 3.00 bits per heavy atom. The fourth-order valence-electron chi connectivity index (χ4n) is 1.89. The molecule has 2 nitrogen and oxygen atoms in total. The lowest BCUT2D eigenvalue weighted by atomic mass is 10.0. The molecule has 0 saturated carbocycles. The molecule has 0 spiro atoms. The van der Waals surface area contributed by atoms with Crippen LogP contribution in [-0.4, -0.2) is 36.8 Å². The molecular formula is C13H25NOS. The highest BCUT2D eigenvalue weighted by Gasteiger charge is 2.23. The van der Waals surface area contributed by atoms with E-state index >= 15 is 0 Å². The van der Waals surface area contributed by atoms with Crippen molar-refractivity contribution in [2.45, 2.75) is 45.3 Å². The van der Waals surface area contributed by atoms with Crippen LogP contribution in [0.3, 0.4) is 0 Å². The van der Waals surface area contributed by atoms with Crippen molar-refractivity contribution in [1.82, 2.24) is 5.32 Å². The fraction of sp³-hybridized carbons (Fsp3) is 0.846. The second-order valence-electron chi connectivity index (χ2n) is 4.54. The summed E-state index contributed by atoms with van der Waals surface area (Å²) in [6, 6.07) is 0.504. The number of hydrogen-bond donors (Lipinski definition) is 1. The maximum Gasteiger partial charge on any atom is 0.0818 e. The molecule has 1 N–H and O–H groups in total. The van der Waals surface area contributed by atoms with Gasteiger partial charge in [0.25, 0.3) is 0 Å². The molecule has 0 aromatic heterocycles. The Hall–Kier alpha value is 0.01000. The van der Waals surface area contributed by atoms with Crippen LogP contribution >= 0.6 is 11.8 Å². The number of ether oxygens (including phenoxy) is 1. The van der Waals surface area contributed by atoms with Gasteiger partial charge in [-0.15, -0.1) is 6.58 Å². The van der Waals surface area contributed by atoms with E-state index in [2.05, 4.69) is 25.7 Å². The van der Waals surface area contributed by atoms with E-state index in [9.17, 15) is 0 Å². The second kappa shape index (κ2) is 8.15. The van der Waals surface area contributed by atoms with Gasteiger partial charge in [0.15, 0.2) is 0 Å². The van der Waals surface area contributed by atoms with Gasteiger partial charge in [0.2, 0.25) is 0 Å². The summed E-state index contributed by atoms with van der Waals surface area (Å²) in [6.07, 6.45) is 3.83. The number of nitrogens with one attached hydrogen (secondary N) is 1. The second-order valence-corrected chi connectivity index (χ2v) is 5.69. The van der Waals surface area contributed by atoms with Gasteiger partial charge in [0.1, 0.15) is 0 Å². The highest BCUT2D eigenvalue weighted by Crippen LogP contribution is 2.19. The van der Waals surface area contributed by atoms with Gasteiger partial charge in [-0.2, -0.15) is 11.8 Å². The van der Waals surface area contributed by atoms with Crippen molar-refractivity contribution in [2.24, 2.45) is 0 Å². The molecule has 0 aromatic carbocycles. The third-order valence-electron chi connectivity index (χ3n) is 2.83. The lowest BCUT2D eigenvalue weighted by Gasteiger charge is -2.31. The predicted molar refractivity (Wildman–Crippen MR) is 73.2 cm³/mol. The summed E-state index contributed by atoms with van der Waals surface area (Å²) in [7, 11) is 0. The highest BCUT2D eigenvalue weighted by molar-refractivity contribution is 7.99. The monoisotopic (exact) mass is 243 g/mol. The molecule has 1 saturated heterocycles. The average molecular weight is 243 g/mol. The zero-order chi connectivity index (χ0) is 11.8. The fourth-order valence-corrected chi connectivity index (χ4v) is 2.83. The first-order valence-corrected chi connectivity index (χ1v) is 7.46. The molecule has 1 heterocycles. The molecule has 1 aliphatic rings. The summed E-state index contributed by atoms with van der Waals surface area (Å²) in [4.78, 5) is 0. The third-order valence-corrected chi connectivity index (χ3v) is 3.85. The van der Waals surface area contributed by atoms with Crippen LogP contribution in [0.5, 0.6) is 0 Å². The molecular weight excluding hydrogens is 218 g/mol. The summed E-state index contributed by atoms with van der Waals surface area (Å²) < 4.78 is 5.86. The Kier molecular flexibility index (Phi) is 7.17. The van der Waals surface area contributed by atoms with Gasteiger partial charge in [-0.05, 0) is 32.7 Å². The number of allylic oxidation sites excluding steroid dienone is 1. The molecule has 1 rings (SSSR count). The van der Waals surface area contributed by atoms with Crippen molar-refractivity contribution in [2.75, 3.05) is 24.7 Å². The van der Waals surface area contributed by atoms with Gasteiger partial charge in [-0.3, -0.25) is 0 Å². The van der Waals surface area contributed by atoms with E-state index in [1.54, 1.807) is 0 Å². The molecule has 0 radical (unpaired) electrons. The van der Waals surface area contributed by atoms with Crippen molar-refractivity contribution in [1.29, 1.82) is 0 Å². The summed E-state index contributed by atoms with van der Waals surface area (Å²) >= 11 is 2.01. The Morgan fingerprint density at radius 2 is 2.44 bits per heavy atom. The van der Waals surface area contributed by atoms with Crippen LogP contribution in [-0.2, 0) is 4.74 Å². The lowest BCUT2D eigenvalue weighted by Crippen LogP contribution is -2.45. The van der Waals surface area contributed by atoms with Crippen LogP contribution < -0.4 is 5.32 Å². The maximum absolute atomic E-state index is 5.86. The molecule has 0 amide bonds. The van der Waals surface area contributed by atoms with Gasteiger partial charge in [-0.1, -0.05) is 12.5 Å². The summed E-state index contributed by atoms with van der Waals surface area (Å²) in [5.41, 5.74) is 1.27. The van der Waals surface area contributed by atoms with Crippen LogP contribution in [0.15, 0.2) is 12.2 Å². The molecule has 1 aliphatic heterocycles. The first-order chi connectivity index (χ1) is 7.74. The van der Waals surface area contributed by atoms with Gasteiger partial charge in [0, 0.05) is 17.5 Å². The average Bonchev–Trinajstić information content (AvgIpc) is 2.30. The quantitative estimate of drug-likeness (QED) is 0.695. The van der Waals surface area contributed by atoms with E-state index in [1.165, 1.54) is 12.0 Å². The standard InChI is InChI=1S/C13H25NOS/c1-4-7-14-12(6-5-11(2)3)13-10-16-9-8-15-13/h12-14H,2,4-10H2,1,3H3. The Bertz CT molecular complexity index is 202. The lowest BCUT2D eigenvalue weighted by molar-refractivity contribution is 0.0449. The van der Waals surface area contributed by atoms with E-state index in [1.807, 2.05) is 11.8 Å². The molecule has 3 heteroatoms. The van der Waals surface area contributed by atoms with Crippen LogP contribution in [0.1, 0.15) is 33.1 Å². The molecule has 94 valence electrons. The first-order valence-electron chi connectivity index (χ1n) is 6.31. The molecule has 0 aromatic rings. The summed E-state index contributed by atoms with van der Waals surface area (Å²) in [5.74, 6) is 2.29. The smallest absolute Gasteiger partial charge is 0.0818 e. The minimum absolute atomic E-state index is 0.393. The number of thioether (sulfide) groups is 1. The minimum Gasteiger partial charge on any atom is -0.375 e. The normalized spacial score (nSPS) is 23.0. The molecule has 0 aliphatic carbocycles. The van der Waals surface area contributed by atoms with Crippen LogP contribution in [0.25, 0.3) is 0 Å². The molecule has 16 heavy (non-hydrogen) atoms. The topological polar surface area (TPSA) is 21.3 Å². The van der Waals surface area contributed by atoms with Crippen molar-refractivity contribution >= 4 is 11.8 Å². The van der Waals surface area contributed by atoms with Crippen LogP contribution in [0.2, 0.25) is 0 Å². The maximum atomic E-state index is 5.86. The molecule has 2 atom stereocenters. The van der Waals surface area contributed by atoms with Crippen molar-refractivity contribution in [3.05, 3.63) is 12.2 Å². The van der Waals surface area contributed by atoms with Gasteiger partial charge >= 0.3 is 0 Å². The predicted octanol–water partition coefficient (Wildman–Crippen LogP) is 2.84. The zero-order valence-electron chi connectivity index (χ0n) is 10.6. The van der Waals surface area contributed by atoms with Crippen LogP contribution in [0, 0.1) is 0 Å². The molecule has 0 bridgehead atoms. The van der Waals surface area contributed by atoms with E-state index in [-0.39, 0.29) is 0 Å². The third kappa shape index (κ3) is 5.37. The zero-order valence-corrected chi connectivity index (χ0v) is 11.4. The van der Waals surface area contributed by atoms with E-state index in [0.29, 0.717) is 12.1 Å². The molecule has 2 unspecified atom stereocenters. The number of rotatable bonds is 7. The molecule has 1 fully saturated rings. The Balaban J connectivity index is 2.37. The van der Waals surface area contributed by atoms with Crippen molar-refractivity contribution < 1.29 is 4.74 Å². The van der Waals surface area contributed by atoms with E-state index in [0.717, 1.165) is 37.5 Å². The summed E-state index contributed by atoms with van der Waals surface area (Å²) in [5, 5.41) is 3.62. The van der Waals surface area contributed by atoms with Crippen molar-refractivity contribution in [3.63, 3.8) is 0 Å². The van der Waals surface area contributed by atoms with Gasteiger partial charge < -0.3 is 10.1 Å². The van der Waals surface area contributed by atoms with E-state index in [4.69, 9.17) is 4.74 Å². The van der Waals surface area contributed by atoms with E-state index < -0.39 is 0 Å².